The molecule has 19 heavy (non-hydrogen) atoms. The SMILES string of the molecule is CNC(c1c(C)c(C)cc(C)c1C)C1CCCCN1. The van der Waals surface area contributed by atoms with Gasteiger partial charge in [-0.05, 0) is 81.9 Å². The van der Waals surface area contributed by atoms with Crippen LogP contribution in [0.1, 0.15) is 53.1 Å². The van der Waals surface area contributed by atoms with Gasteiger partial charge in [0.1, 0.15) is 0 Å². The quantitative estimate of drug-likeness (QED) is 0.871. The molecule has 0 saturated carbocycles. The minimum Gasteiger partial charge on any atom is -0.312 e. The summed E-state index contributed by atoms with van der Waals surface area (Å²) in [7, 11) is 2.09. The molecule has 1 aromatic carbocycles. The van der Waals surface area contributed by atoms with E-state index < -0.39 is 0 Å². The fourth-order valence-electron chi connectivity index (χ4n) is 3.42. The average Bonchev–Trinajstić information content (AvgIpc) is 2.42. The lowest BCUT2D eigenvalue weighted by atomic mass is 9.84. The number of aryl methyl sites for hydroxylation is 2. The van der Waals surface area contributed by atoms with E-state index in [9.17, 15) is 0 Å². The van der Waals surface area contributed by atoms with E-state index in [1.807, 2.05) is 0 Å². The molecule has 0 aliphatic carbocycles. The summed E-state index contributed by atoms with van der Waals surface area (Å²) in [5.74, 6) is 0. The second-order valence-corrected chi connectivity index (χ2v) is 6.00. The summed E-state index contributed by atoms with van der Waals surface area (Å²) >= 11 is 0. The van der Waals surface area contributed by atoms with E-state index in [1.54, 1.807) is 0 Å². The predicted octanol–water partition coefficient (Wildman–Crippen LogP) is 3.32. The number of rotatable bonds is 3. The van der Waals surface area contributed by atoms with Crippen LogP contribution in [0.15, 0.2) is 6.07 Å². The minimum absolute atomic E-state index is 0.430. The van der Waals surface area contributed by atoms with Gasteiger partial charge in [-0.1, -0.05) is 12.5 Å². The van der Waals surface area contributed by atoms with Gasteiger partial charge in [0.15, 0.2) is 0 Å². The van der Waals surface area contributed by atoms with Crippen molar-refractivity contribution in [3.63, 3.8) is 0 Å². The van der Waals surface area contributed by atoms with Crippen LogP contribution in [0.2, 0.25) is 0 Å². The molecular weight excluding hydrogens is 232 g/mol. The first-order valence-corrected chi connectivity index (χ1v) is 7.54. The van der Waals surface area contributed by atoms with E-state index in [0.29, 0.717) is 12.1 Å². The van der Waals surface area contributed by atoms with Crippen LogP contribution < -0.4 is 10.6 Å². The van der Waals surface area contributed by atoms with E-state index in [0.717, 1.165) is 6.54 Å². The van der Waals surface area contributed by atoms with Crippen molar-refractivity contribution in [2.24, 2.45) is 0 Å². The highest BCUT2D eigenvalue weighted by molar-refractivity contribution is 5.46. The van der Waals surface area contributed by atoms with E-state index in [-0.39, 0.29) is 0 Å². The van der Waals surface area contributed by atoms with Gasteiger partial charge in [-0.25, -0.2) is 0 Å². The maximum Gasteiger partial charge on any atom is 0.0478 e. The van der Waals surface area contributed by atoms with Gasteiger partial charge in [-0.2, -0.15) is 0 Å². The zero-order chi connectivity index (χ0) is 14.0. The zero-order valence-corrected chi connectivity index (χ0v) is 13.1. The maximum absolute atomic E-state index is 3.70. The molecule has 1 saturated heterocycles. The summed E-state index contributed by atoms with van der Waals surface area (Å²) in [6, 6.07) is 3.31. The van der Waals surface area contributed by atoms with Crippen LogP contribution in [0, 0.1) is 27.7 Å². The number of hydrogen-bond donors (Lipinski definition) is 2. The van der Waals surface area contributed by atoms with Gasteiger partial charge in [0.25, 0.3) is 0 Å². The molecule has 1 fully saturated rings. The van der Waals surface area contributed by atoms with Crippen LogP contribution in [0.4, 0.5) is 0 Å². The number of likely N-dealkylation sites (N-methyl/N-ethyl adjacent to an activating group) is 1. The van der Waals surface area contributed by atoms with Crippen molar-refractivity contribution in [2.75, 3.05) is 13.6 Å². The molecule has 0 radical (unpaired) electrons. The summed E-state index contributed by atoms with van der Waals surface area (Å²) in [6.45, 7) is 10.2. The van der Waals surface area contributed by atoms with E-state index in [4.69, 9.17) is 0 Å². The molecule has 2 heteroatoms. The lowest BCUT2D eigenvalue weighted by molar-refractivity contribution is 0.325. The van der Waals surface area contributed by atoms with Crippen molar-refractivity contribution >= 4 is 0 Å². The second kappa shape index (κ2) is 6.06. The molecular formula is C17H28N2. The number of nitrogens with one attached hydrogen (secondary N) is 2. The Bertz CT molecular complexity index is 419. The molecule has 0 aromatic heterocycles. The first-order valence-electron chi connectivity index (χ1n) is 7.54. The maximum atomic E-state index is 3.70. The zero-order valence-electron chi connectivity index (χ0n) is 13.1. The Morgan fingerprint density at radius 3 is 2.21 bits per heavy atom. The molecule has 2 atom stereocenters. The first kappa shape index (κ1) is 14.5. The lowest BCUT2D eigenvalue weighted by Gasteiger charge is -2.34. The largest absolute Gasteiger partial charge is 0.312 e. The Labute approximate surface area is 118 Å². The van der Waals surface area contributed by atoms with Crippen LogP contribution >= 0.6 is 0 Å². The smallest absolute Gasteiger partial charge is 0.0478 e. The highest BCUT2D eigenvalue weighted by atomic mass is 15.0. The molecule has 1 aliphatic heterocycles. The molecule has 2 nitrogen and oxygen atoms in total. The van der Waals surface area contributed by atoms with Crippen molar-refractivity contribution in [1.29, 1.82) is 0 Å². The molecule has 2 rings (SSSR count). The summed E-state index contributed by atoms with van der Waals surface area (Å²) in [5, 5.41) is 7.26. The van der Waals surface area contributed by atoms with Crippen LogP contribution in [0.25, 0.3) is 0 Å². The Balaban J connectivity index is 2.42. The fourth-order valence-corrected chi connectivity index (χ4v) is 3.42. The minimum atomic E-state index is 0.430. The molecule has 0 amide bonds. The number of piperidine rings is 1. The Kier molecular flexibility index (Phi) is 4.64. The van der Waals surface area contributed by atoms with Gasteiger partial charge < -0.3 is 10.6 Å². The summed E-state index contributed by atoms with van der Waals surface area (Å²) < 4.78 is 0. The molecule has 2 N–H and O–H groups in total. The highest BCUT2D eigenvalue weighted by Crippen LogP contribution is 2.31. The Hall–Kier alpha value is -0.860. The molecule has 1 heterocycles. The Morgan fingerprint density at radius 2 is 1.74 bits per heavy atom. The van der Waals surface area contributed by atoms with E-state index >= 15 is 0 Å². The van der Waals surface area contributed by atoms with Crippen LogP contribution in [-0.4, -0.2) is 19.6 Å². The van der Waals surface area contributed by atoms with Crippen molar-refractivity contribution in [2.45, 2.75) is 59.0 Å². The van der Waals surface area contributed by atoms with Gasteiger partial charge in [0, 0.05) is 12.1 Å². The van der Waals surface area contributed by atoms with Crippen molar-refractivity contribution < 1.29 is 0 Å². The van der Waals surface area contributed by atoms with Gasteiger partial charge in [-0.3, -0.25) is 0 Å². The molecule has 0 spiro atoms. The normalized spacial score (nSPS) is 21.4. The Morgan fingerprint density at radius 1 is 1.11 bits per heavy atom. The highest BCUT2D eigenvalue weighted by Gasteiger charge is 2.26. The van der Waals surface area contributed by atoms with Gasteiger partial charge >= 0.3 is 0 Å². The van der Waals surface area contributed by atoms with Crippen LogP contribution in [0.5, 0.6) is 0 Å². The second-order valence-electron chi connectivity index (χ2n) is 6.00. The summed E-state index contributed by atoms with van der Waals surface area (Å²) in [6.07, 6.45) is 3.94. The van der Waals surface area contributed by atoms with Gasteiger partial charge in [-0.15, -0.1) is 0 Å². The van der Waals surface area contributed by atoms with Crippen molar-refractivity contribution in [3.8, 4) is 0 Å². The third kappa shape index (κ3) is 2.85. The first-order chi connectivity index (χ1) is 9.06. The molecule has 106 valence electrons. The fraction of sp³-hybridized carbons (Fsp3) is 0.647. The van der Waals surface area contributed by atoms with Crippen molar-refractivity contribution in [3.05, 3.63) is 33.9 Å². The topological polar surface area (TPSA) is 24.1 Å². The third-order valence-corrected chi connectivity index (χ3v) is 4.80. The van der Waals surface area contributed by atoms with Gasteiger partial charge in [0.05, 0.1) is 0 Å². The van der Waals surface area contributed by atoms with Crippen LogP contribution in [0.3, 0.4) is 0 Å². The van der Waals surface area contributed by atoms with Crippen LogP contribution in [-0.2, 0) is 0 Å². The number of benzene rings is 1. The number of hydrogen-bond acceptors (Lipinski definition) is 2. The monoisotopic (exact) mass is 260 g/mol. The average molecular weight is 260 g/mol. The molecule has 2 unspecified atom stereocenters. The third-order valence-electron chi connectivity index (χ3n) is 4.80. The molecule has 0 bridgehead atoms. The molecule has 1 aliphatic rings. The molecule has 1 aromatic rings. The van der Waals surface area contributed by atoms with E-state index in [1.165, 1.54) is 47.1 Å². The standard InChI is InChI=1S/C17H28N2/c1-11-10-12(2)14(4)16(13(11)3)17(18-5)15-8-6-7-9-19-15/h10,15,17-19H,6-9H2,1-5H3. The van der Waals surface area contributed by atoms with E-state index in [2.05, 4.69) is 51.4 Å². The van der Waals surface area contributed by atoms with Gasteiger partial charge in [0.2, 0.25) is 0 Å². The summed E-state index contributed by atoms with van der Waals surface area (Å²) in [4.78, 5) is 0. The predicted molar refractivity (Wildman–Crippen MR) is 82.8 cm³/mol. The van der Waals surface area contributed by atoms with Crippen molar-refractivity contribution in [1.82, 2.24) is 10.6 Å². The summed E-state index contributed by atoms with van der Waals surface area (Å²) in [5.41, 5.74) is 7.24. The lowest BCUT2D eigenvalue weighted by Crippen LogP contribution is -2.44.